The highest BCUT2D eigenvalue weighted by molar-refractivity contribution is 8.04. The van der Waals surface area contributed by atoms with Crippen LogP contribution >= 0.6 is 23.5 Å². The second-order valence-electron chi connectivity index (χ2n) is 8.60. The van der Waals surface area contributed by atoms with Crippen LogP contribution < -0.4 is 4.74 Å². The third kappa shape index (κ3) is 4.45. The minimum atomic E-state index is -0.344. The molecule has 2 atom stereocenters. The zero-order valence-corrected chi connectivity index (χ0v) is 20.4. The van der Waals surface area contributed by atoms with Gasteiger partial charge in [0, 0.05) is 43.2 Å². The Morgan fingerprint density at radius 3 is 2.73 bits per heavy atom. The summed E-state index contributed by atoms with van der Waals surface area (Å²) in [7, 11) is 1.63. The summed E-state index contributed by atoms with van der Waals surface area (Å²) in [5, 5.41) is 4.10. The zero-order chi connectivity index (χ0) is 23.0. The first-order valence-electron chi connectivity index (χ1n) is 11.0. The Hall–Kier alpha value is -2.24. The van der Waals surface area contributed by atoms with Crippen molar-refractivity contribution in [3.05, 3.63) is 30.2 Å². The van der Waals surface area contributed by atoms with Crippen LogP contribution in [0.1, 0.15) is 12.8 Å². The molecule has 0 aliphatic carbocycles. The molecule has 1 aromatic heterocycles. The van der Waals surface area contributed by atoms with Crippen molar-refractivity contribution in [1.29, 1.82) is 0 Å². The number of piperazine rings is 1. The number of amides is 2. The van der Waals surface area contributed by atoms with Crippen LogP contribution in [0.2, 0.25) is 0 Å². The van der Waals surface area contributed by atoms with Crippen molar-refractivity contribution in [2.75, 3.05) is 50.5 Å². The van der Waals surface area contributed by atoms with Gasteiger partial charge in [0.15, 0.2) is 0 Å². The number of hydrogen-bond acceptors (Lipinski definition) is 9. The first-order valence-corrected chi connectivity index (χ1v) is 13.1. The molecule has 5 rings (SSSR count). The number of rotatable bonds is 5. The molecule has 3 aliphatic heterocycles. The zero-order valence-electron chi connectivity index (χ0n) is 18.7. The number of methoxy groups -OCH3 is 1. The van der Waals surface area contributed by atoms with E-state index in [2.05, 4.69) is 22.0 Å². The summed E-state index contributed by atoms with van der Waals surface area (Å²) in [5.41, 5.74) is 0.869. The number of thioether (sulfide) groups is 2. The number of hydrogen-bond donors (Lipinski definition) is 0. The average molecular weight is 490 g/mol. The summed E-state index contributed by atoms with van der Waals surface area (Å²) in [5.74, 6) is 4.07. The summed E-state index contributed by atoms with van der Waals surface area (Å²) < 4.78 is 10.6. The molecule has 33 heavy (non-hydrogen) atoms. The topological polar surface area (TPSA) is 92.0 Å². The molecule has 0 unspecified atom stereocenters. The Kier molecular flexibility index (Phi) is 6.28. The van der Waals surface area contributed by atoms with E-state index in [0.717, 1.165) is 30.2 Å². The summed E-state index contributed by atoms with van der Waals surface area (Å²) in [6, 6.07) is 7.18. The lowest BCUT2D eigenvalue weighted by Crippen LogP contribution is -2.60. The van der Waals surface area contributed by atoms with Crippen molar-refractivity contribution in [1.82, 2.24) is 24.8 Å². The van der Waals surface area contributed by atoms with Gasteiger partial charge in [-0.3, -0.25) is 14.5 Å². The molecule has 0 saturated carbocycles. The normalized spacial score (nSPS) is 25.9. The van der Waals surface area contributed by atoms with Crippen LogP contribution in [-0.2, 0) is 16.1 Å². The Balaban J connectivity index is 1.16. The molecule has 0 bridgehead atoms. The molecule has 3 saturated heterocycles. The molecule has 176 valence electrons. The standard InChI is InChI=1S/C22H27N5O4S2/c1-22-14-32-13-19(28)27(22)17(12-33-22)21(29)26-9-7-25(8-10-26)11-18-23-20(24-31-18)15-3-5-16(30-2)6-4-15/h3-6,17H,7-14H2,1-2H3/t17-,22-/m0/s1. The molecule has 2 amide bonds. The van der Waals surface area contributed by atoms with E-state index >= 15 is 0 Å². The number of fused-ring (bicyclic) bond motifs is 1. The lowest BCUT2D eigenvalue weighted by atomic mass is 10.1. The van der Waals surface area contributed by atoms with Gasteiger partial charge in [-0.25, -0.2) is 0 Å². The summed E-state index contributed by atoms with van der Waals surface area (Å²) in [6.45, 7) is 5.35. The Morgan fingerprint density at radius 2 is 2.00 bits per heavy atom. The van der Waals surface area contributed by atoms with Crippen LogP contribution in [0.3, 0.4) is 0 Å². The van der Waals surface area contributed by atoms with Gasteiger partial charge in [0.05, 0.1) is 24.3 Å². The fraction of sp³-hybridized carbons (Fsp3) is 0.545. The van der Waals surface area contributed by atoms with E-state index in [1.54, 1.807) is 30.6 Å². The molecule has 3 aliphatic rings. The van der Waals surface area contributed by atoms with Crippen molar-refractivity contribution < 1.29 is 18.8 Å². The van der Waals surface area contributed by atoms with Crippen molar-refractivity contribution in [3.63, 3.8) is 0 Å². The smallest absolute Gasteiger partial charge is 0.246 e. The number of aromatic nitrogens is 2. The molecular weight excluding hydrogens is 462 g/mol. The van der Waals surface area contributed by atoms with Gasteiger partial charge in [0.25, 0.3) is 0 Å². The summed E-state index contributed by atoms with van der Waals surface area (Å²) in [4.78, 5) is 36.0. The molecule has 1 aromatic carbocycles. The highest BCUT2D eigenvalue weighted by atomic mass is 32.2. The molecular formula is C22H27N5O4S2. The quantitative estimate of drug-likeness (QED) is 0.623. The van der Waals surface area contributed by atoms with E-state index in [-0.39, 0.29) is 22.7 Å². The Bertz CT molecular complexity index is 1020. The minimum Gasteiger partial charge on any atom is -0.497 e. The van der Waals surface area contributed by atoms with E-state index in [0.29, 0.717) is 42.9 Å². The predicted octanol–water partition coefficient (Wildman–Crippen LogP) is 1.80. The lowest BCUT2D eigenvalue weighted by Gasteiger charge is -2.42. The second-order valence-corrected chi connectivity index (χ2v) is 11.1. The van der Waals surface area contributed by atoms with Gasteiger partial charge in [-0.05, 0) is 31.2 Å². The Morgan fingerprint density at radius 1 is 1.24 bits per heavy atom. The second kappa shape index (κ2) is 9.19. The molecule has 2 aromatic rings. The van der Waals surface area contributed by atoms with Crippen molar-refractivity contribution in [2.24, 2.45) is 0 Å². The van der Waals surface area contributed by atoms with Gasteiger partial charge < -0.3 is 19.1 Å². The molecule has 9 nitrogen and oxygen atoms in total. The maximum absolute atomic E-state index is 13.3. The number of ether oxygens (including phenoxy) is 1. The van der Waals surface area contributed by atoms with Gasteiger partial charge >= 0.3 is 0 Å². The van der Waals surface area contributed by atoms with E-state index in [1.165, 1.54) is 0 Å². The number of nitrogens with zero attached hydrogens (tertiary/aromatic N) is 5. The third-order valence-electron chi connectivity index (χ3n) is 6.38. The van der Waals surface area contributed by atoms with Crippen molar-refractivity contribution >= 4 is 35.3 Å². The van der Waals surface area contributed by atoms with Crippen LogP contribution in [0.25, 0.3) is 11.4 Å². The maximum Gasteiger partial charge on any atom is 0.246 e. The van der Waals surface area contributed by atoms with E-state index in [4.69, 9.17) is 9.26 Å². The molecule has 11 heteroatoms. The average Bonchev–Trinajstić information content (AvgIpc) is 3.44. The van der Waals surface area contributed by atoms with E-state index in [1.807, 2.05) is 34.1 Å². The SMILES string of the molecule is COc1ccc(-c2noc(CN3CCN(C(=O)[C@@H]4CS[C@@]5(C)CSCC(=O)N45)CC3)n2)cc1. The van der Waals surface area contributed by atoms with Gasteiger partial charge in [0.1, 0.15) is 11.8 Å². The Labute approximate surface area is 201 Å². The molecule has 3 fully saturated rings. The maximum atomic E-state index is 13.3. The fourth-order valence-electron chi connectivity index (χ4n) is 4.56. The molecule has 0 N–H and O–H groups in total. The number of benzene rings is 1. The van der Waals surface area contributed by atoms with Crippen LogP contribution in [0, 0.1) is 0 Å². The number of carbonyl (C=O) groups is 2. The highest BCUT2D eigenvalue weighted by Gasteiger charge is 2.52. The first kappa shape index (κ1) is 22.5. The van der Waals surface area contributed by atoms with Crippen LogP contribution in [0.4, 0.5) is 0 Å². The molecule has 0 spiro atoms. The van der Waals surface area contributed by atoms with Gasteiger partial charge in [0.2, 0.25) is 23.5 Å². The van der Waals surface area contributed by atoms with Crippen molar-refractivity contribution in [2.45, 2.75) is 24.4 Å². The monoisotopic (exact) mass is 489 g/mol. The largest absolute Gasteiger partial charge is 0.497 e. The lowest BCUT2D eigenvalue weighted by molar-refractivity contribution is -0.146. The van der Waals surface area contributed by atoms with Crippen LogP contribution in [0.5, 0.6) is 5.75 Å². The van der Waals surface area contributed by atoms with Crippen LogP contribution in [0.15, 0.2) is 28.8 Å². The summed E-state index contributed by atoms with van der Waals surface area (Å²) in [6.07, 6.45) is 0. The summed E-state index contributed by atoms with van der Waals surface area (Å²) >= 11 is 3.39. The van der Waals surface area contributed by atoms with Gasteiger partial charge in [-0.1, -0.05) is 5.16 Å². The van der Waals surface area contributed by atoms with Crippen molar-refractivity contribution in [3.8, 4) is 17.1 Å². The molecule has 4 heterocycles. The predicted molar refractivity (Wildman–Crippen MR) is 127 cm³/mol. The molecule has 0 radical (unpaired) electrons. The number of carbonyl (C=O) groups excluding carboxylic acids is 2. The third-order valence-corrected chi connectivity index (χ3v) is 9.23. The van der Waals surface area contributed by atoms with E-state index < -0.39 is 0 Å². The fourth-order valence-corrected chi connectivity index (χ4v) is 7.26. The van der Waals surface area contributed by atoms with Gasteiger partial charge in [-0.2, -0.15) is 4.98 Å². The van der Waals surface area contributed by atoms with E-state index in [9.17, 15) is 9.59 Å². The van der Waals surface area contributed by atoms with Gasteiger partial charge in [-0.15, -0.1) is 23.5 Å². The minimum absolute atomic E-state index is 0.0747. The van der Waals surface area contributed by atoms with Crippen LogP contribution in [-0.4, -0.2) is 98.1 Å². The highest BCUT2D eigenvalue weighted by Crippen LogP contribution is 2.44. The first-order chi connectivity index (χ1) is 16.0.